The summed E-state index contributed by atoms with van der Waals surface area (Å²) < 4.78 is 99.9. The highest BCUT2D eigenvalue weighted by Gasteiger charge is 2.57. The van der Waals surface area contributed by atoms with E-state index in [1.807, 2.05) is 0 Å². The third-order valence-electron chi connectivity index (χ3n) is 3.69. The van der Waals surface area contributed by atoms with Crippen LogP contribution in [0.1, 0.15) is 23.1 Å². The predicted octanol–water partition coefficient (Wildman–Crippen LogP) is 3.94. The van der Waals surface area contributed by atoms with Gasteiger partial charge in [-0.05, 0) is 24.3 Å². The Morgan fingerprint density at radius 2 is 1.79 bits per heavy atom. The minimum absolute atomic E-state index is 0.215. The summed E-state index contributed by atoms with van der Waals surface area (Å²) in [6.07, 6.45) is -3.52. The molecule has 11 heteroatoms. The largest absolute Gasteiger partial charge is 0.457 e. The highest BCUT2D eigenvalue weighted by Crippen LogP contribution is 2.44. The lowest BCUT2D eigenvalue weighted by molar-refractivity contribution is -0.231. The number of hydrogen-bond acceptors (Lipinski definition) is 3. The maximum absolute atomic E-state index is 14.0. The summed E-state index contributed by atoms with van der Waals surface area (Å²) in [6, 6.07) is 5.01. The summed E-state index contributed by atoms with van der Waals surface area (Å²) in [7, 11) is 5.28. The lowest BCUT2D eigenvalue weighted by Gasteiger charge is -2.28. The van der Waals surface area contributed by atoms with E-state index < -0.39 is 58.8 Å². The van der Waals surface area contributed by atoms with E-state index in [9.17, 15) is 30.7 Å². The zero-order valence-electron chi connectivity index (χ0n) is 13.7. The van der Waals surface area contributed by atoms with Gasteiger partial charge < -0.3 is 9.84 Å². The fourth-order valence-corrected chi connectivity index (χ4v) is 2.31. The standard InChI is InChI=1S/C17H9BF7NO2/c18-14-11(17(24,25)16(22,23)7-27)1-2-12(13(14)15(20)21)28-10-4-8(6-26)3-9(19)5-10/h1-5,15,27H,7H2. The van der Waals surface area contributed by atoms with Crippen molar-refractivity contribution in [1.29, 1.82) is 5.26 Å². The van der Waals surface area contributed by atoms with Gasteiger partial charge in [-0.25, -0.2) is 13.2 Å². The summed E-state index contributed by atoms with van der Waals surface area (Å²) in [5.41, 5.74) is -4.55. The van der Waals surface area contributed by atoms with Gasteiger partial charge in [0.25, 0.3) is 6.43 Å². The molecule has 3 nitrogen and oxygen atoms in total. The lowest BCUT2D eigenvalue weighted by Crippen LogP contribution is -2.44. The molecule has 0 aliphatic rings. The van der Waals surface area contributed by atoms with E-state index in [2.05, 4.69) is 0 Å². The zero-order chi connectivity index (χ0) is 21.3. The molecule has 0 saturated carbocycles. The molecule has 2 radical (unpaired) electrons. The first-order chi connectivity index (χ1) is 12.9. The van der Waals surface area contributed by atoms with Crippen LogP contribution in [-0.2, 0) is 5.92 Å². The van der Waals surface area contributed by atoms with Crippen LogP contribution in [0.4, 0.5) is 30.7 Å². The minimum atomic E-state index is -5.05. The first-order valence-corrected chi connectivity index (χ1v) is 7.40. The van der Waals surface area contributed by atoms with Gasteiger partial charge in [0.1, 0.15) is 31.8 Å². The van der Waals surface area contributed by atoms with Crippen molar-refractivity contribution in [2.75, 3.05) is 6.61 Å². The van der Waals surface area contributed by atoms with Gasteiger partial charge in [-0.2, -0.15) is 22.8 Å². The van der Waals surface area contributed by atoms with Crippen LogP contribution < -0.4 is 10.2 Å². The van der Waals surface area contributed by atoms with Crippen molar-refractivity contribution in [3.05, 3.63) is 52.8 Å². The number of nitrogens with zero attached hydrogens (tertiary/aromatic N) is 1. The number of nitriles is 1. The first kappa shape index (κ1) is 21.6. The second-order valence-corrected chi connectivity index (χ2v) is 5.57. The Bertz CT molecular complexity index is 928. The molecule has 28 heavy (non-hydrogen) atoms. The van der Waals surface area contributed by atoms with Gasteiger partial charge >= 0.3 is 11.8 Å². The lowest BCUT2D eigenvalue weighted by atomic mass is 9.81. The van der Waals surface area contributed by atoms with E-state index in [4.69, 9.17) is 23.0 Å². The van der Waals surface area contributed by atoms with Gasteiger partial charge in [0.05, 0.1) is 17.2 Å². The Balaban J connectivity index is 2.59. The first-order valence-electron chi connectivity index (χ1n) is 7.40. The van der Waals surface area contributed by atoms with Crippen LogP contribution in [0.3, 0.4) is 0 Å². The van der Waals surface area contributed by atoms with Crippen LogP contribution in [0, 0.1) is 17.1 Å². The predicted molar refractivity (Wildman–Crippen MR) is 83.9 cm³/mol. The molecule has 0 amide bonds. The molecule has 146 valence electrons. The van der Waals surface area contributed by atoms with Crippen molar-refractivity contribution < 1.29 is 40.6 Å². The van der Waals surface area contributed by atoms with Gasteiger partial charge in [-0.3, -0.25) is 0 Å². The maximum atomic E-state index is 14.0. The van der Waals surface area contributed by atoms with E-state index in [0.29, 0.717) is 12.1 Å². The summed E-state index contributed by atoms with van der Waals surface area (Å²) in [5, 5.41) is 17.3. The SMILES string of the molecule is [B]c1c(C(F)(F)C(F)(F)CO)ccc(Oc2cc(F)cc(C#N)c2)c1C(F)F. The minimum Gasteiger partial charge on any atom is -0.457 e. The van der Waals surface area contributed by atoms with Crippen LogP contribution in [0.5, 0.6) is 11.5 Å². The topological polar surface area (TPSA) is 53.2 Å². The van der Waals surface area contributed by atoms with E-state index in [-0.39, 0.29) is 5.56 Å². The second-order valence-electron chi connectivity index (χ2n) is 5.57. The summed E-state index contributed by atoms with van der Waals surface area (Å²) in [5.74, 6) is -12.2. The number of ether oxygens (including phenoxy) is 1. The van der Waals surface area contributed by atoms with Gasteiger partial charge in [0, 0.05) is 11.6 Å². The average Bonchev–Trinajstić information content (AvgIpc) is 2.60. The Kier molecular flexibility index (Phi) is 5.94. The Labute approximate surface area is 155 Å². The van der Waals surface area contributed by atoms with Gasteiger partial charge in [0.15, 0.2) is 0 Å². The molecule has 0 fully saturated rings. The Morgan fingerprint density at radius 3 is 2.32 bits per heavy atom. The van der Waals surface area contributed by atoms with Crippen molar-refractivity contribution in [3.8, 4) is 17.6 Å². The molecule has 0 aliphatic heterocycles. The average molecular weight is 403 g/mol. The Morgan fingerprint density at radius 1 is 1.14 bits per heavy atom. The van der Waals surface area contributed by atoms with Crippen molar-refractivity contribution in [2.45, 2.75) is 18.3 Å². The van der Waals surface area contributed by atoms with Crippen LogP contribution in [-0.4, -0.2) is 25.5 Å². The number of aliphatic hydroxyl groups excluding tert-OH is 1. The highest BCUT2D eigenvalue weighted by atomic mass is 19.3. The van der Waals surface area contributed by atoms with Crippen molar-refractivity contribution >= 4 is 13.3 Å². The van der Waals surface area contributed by atoms with Crippen molar-refractivity contribution in [3.63, 3.8) is 0 Å². The second kappa shape index (κ2) is 7.71. The van der Waals surface area contributed by atoms with Crippen molar-refractivity contribution in [1.82, 2.24) is 0 Å². The number of rotatable bonds is 6. The van der Waals surface area contributed by atoms with E-state index in [1.165, 1.54) is 0 Å². The van der Waals surface area contributed by atoms with Crippen LogP contribution in [0.15, 0.2) is 30.3 Å². The zero-order valence-corrected chi connectivity index (χ0v) is 13.7. The molecule has 0 aromatic heterocycles. The molecular formula is C17H9BF7NO2. The molecule has 0 unspecified atom stereocenters. The molecule has 0 spiro atoms. The molecular weight excluding hydrogens is 394 g/mol. The third kappa shape index (κ3) is 3.92. The number of aliphatic hydroxyl groups is 1. The molecule has 0 atom stereocenters. The molecule has 1 N–H and O–H groups in total. The summed E-state index contributed by atoms with van der Waals surface area (Å²) >= 11 is 0. The molecule has 2 aromatic carbocycles. The van der Waals surface area contributed by atoms with Crippen LogP contribution >= 0.6 is 0 Å². The fraction of sp³-hybridized carbons (Fsp3) is 0.235. The number of hydrogen-bond donors (Lipinski definition) is 1. The van der Waals surface area contributed by atoms with Crippen molar-refractivity contribution in [2.24, 2.45) is 0 Å². The normalized spacial score (nSPS) is 12.1. The molecule has 2 rings (SSSR count). The summed E-state index contributed by atoms with van der Waals surface area (Å²) in [6.45, 7) is -2.25. The molecule has 0 saturated heterocycles. The van der Waals surface area contributed by atoms with Gasteiger partial charge in [-0.15, -0.1) is 0 Å². The van der Waals surface area contributed by atoms with Crippen LogP contribution in [0.25, 0.3) is 0 Å². The van der Waals surface area contributed by atoms with Gasteiger partial charge in [0.2, 0.25) is 0 Å². The Hall–Kier alpha value is -2.74. The quantitative estimate of drug-likeness (QED) is 0.588. The summed E-state index contributed by atoms with van der Waals surface area (Å²) in [4.78, 5) is 0. The number of benzene rings is 2. The van der Waals surface area contributed by atoms with E-state index in [1.54, 1.807) is 6.07 Å². The number of alkyl halides is 6. The van der Waals surface area contributed by atoms with E-state index >= 15 is 0 Å². The molecule has 0 bridgehead atoms. The van der Waals surface area contributed by atoms with Crippen LogP contribution in [0.2, 0.25) is 0 Å². The number of halogens is 7. The van der Waals surface area contributed by atoms with E-state index in [0.717, 1.165) is 18.2 Å². The third-order valence-corrected chi connectivity index (χ3v) is 3.69. The fourth-order valence-electron chi connectivity index (χ4n) is 2.31. The molecule has 0 heterocycles. The maximum Gasteiger partial charge on any atom is 0.337 e. The molecule has 2 aromatic rings. The highest BCUT2D eigenvalue weighted by molar-refractivity contribution is 6.34. The smallest absolute Gasteiger partial charge is 0.337 e. The monoisotopic (exact) mass is 403 g/mol. The molecule has 0 aliphatic carbocycles. The van der Waals surface area contributed by atoms with Gasteiger partial charge in [-0.1, -0.05) is 5.46 Å².